The average Bonchev–Trinajstić information content (AvgIpc) is 2.76. The van der Waals surface area contributed by atoms with E-state index < -0.39 is 0 Å². The lowest BCUT2D eigenvalue weighted by molar-refractivity contribution is 0.487. The summed E-state index contributed by atoms with van der Waals surface area (Å²) in [7, 11) is 0. The van der Waals surface area contributed by atoms with Gasteiger partial charge in [0, 0.05) is 11.4 Å². The lowest BCUT2D eigenvalue weighted by Crippen LogP contribution is -2.18. The van der Waals surface area contributed by atoms with Gasteiger partial charge in [-0.25, -0.2) is 0 Å². The van der Waals surface area contributed by atoms with Gasteiger partial charge in [-0.05, 0) is 72.1 Å². The van der Waals surface area contributed by atoms with Crippen LogP contribution in [0.3, 0.4) is 0 Å². The molecule has 180 valence electrons. The third-order valence-corrected chi connectivity index (χ3v) is 6.11. The first-order chi connectivity index (χ1) is 15.9. The zero-order valence-corrected chi connectivity index (χ0v) is 22.2. The van der Waals surface area contributed by atoms with Crippen LogP contribution in [0.5, 0.6) is 0 Å². The van der Waals surface area contributed by atoms with Gasteiger partial charge in [-0.1, -0.05) is 108 Å². The van der Waals surface area contributed by atoms with Crippen LogP contribution in [-0.2, 0) is 0 Å². The van der Waals surface area contributed by atoms with E-state index in [1.807, 2.05) is 0 Å². The minimum Gasteiger partial charge on any atom is -0.343 e. The van der Waals surface area contributed by atoms with Crippen molar-refractivity contribution in [3.63, 3.8) is 0 Å². The van der Waals surface area contributed by atoms with Gasteiger partial charge in [0.15, 0.2) is 0 Å². The number of hydrogen-bond donors (Lipinski definition) is 2. The zero-order valence-electron chi connectivity index (χ0n) is 22.2. The van der Waals surface area contributed by atoms with Crippen molar-refractivity contribution < 1.29 is 0 Å². The van der Waals surface area contributed by atoms with Crippen LogP contribution in [0.25, 0.3) is 11.1 Å². The van der Waals surface area contributed by atoms with E-state index in [1.165, 1.54) is 22.3 Å². The standard InChI is InChI=1S/C32H42N2/c1-11-30(32(8,9)10)21-25(5)33-27(7)34-31-18-16-29(17-19-31)26(6)23(3)20-24(4)28-14-12-22(2)13-15-28/h12-21,23,33-34H,5-7,11H2,1-4,8-10H3/b24-20+,30-21+. The Kier molecular flexibility index (Phi) is 9.32. The van der Waals surface area contributed by atoms with E-state index in [2.05, 4.69) is 140 Å². The summed E-state index contributed by atoms with van der Waals surface area (Å²) in [6.45, 7) is 27.9. The first-order valence-corrected chi connectivity index (χ1v) is 12.1. The van der Waals surface area contributed by atoms with Gasteiger partial charge in [0.1, 0.15) is 5.82 Å². The molecule has 0 fully saturated rings. The molecule has 0 saturated carbocycles. The second kappa shape index (κ2) is 11.7. The van der Waals surface area contributed by atoms with E-state index in [0.29, 0.717) is 5.82 Å². The molecule has 0 bridgehead atoms. The Morgan fingerprint density at radius 3 is 2.03 bits per heavy atom. The third-order valence-electron chi connectivity index (χ3n) is 6.11. The number of aryl methyl sites for hydroxylation is 1. The van der Waals surface area contributed by atoms with Crippen LogP contribution >= 0.6 is 0 Å². The maximum absolute atomic E-state index is 4.36. The highest BCUT2D eigenvalue weighted by Crippen LogP contribution is 2.29. The molecular formula is C32H42N2. The minimum atomic E-state index is 0.122. The highest BCUT2D eigenvalue weighted by Gasteiger charge is 2.15. The van der Waals surface area contributed by atoms with Gasteiger partial charge in [0.25, 0.3) is 0 Å². The van der Waals surface area contributed by atoms with E-state index in [1.54, 1.807) is 0 Å². The largest absolute Gasteiger partial charge is 0.343 e. The highest BCUT2D eigenvalue weighted by atomic mass is 15.1. The number of hydrogen-bond acceptors (Lipinski definition) is 2. The van der Waals surface area contributed by atoms with Crippen LogP contribution in [-0.4, -0.2) is 0 Å². The summed E-state index contributed by atoms with van der Waals surface area (Å²) in [5.74, 6) is 0.935. The van der Waals surface area contributed by atoms with Crippen molar-refractivity contribution in [3.05, 3.63) is 114 Å². The van der Waals surface area contributed by atoms with E-state index in [-0.39, 0.29) is 11.3 Å². The molecule has 2 nitrogen and oxygen atoms in total. The molecule has 2 aromatic carbocycles. The Morgan fingerprint density at radius 1 is 0.941 bits per heavy atom. The van der Waals surface area contributed by atoms with Crippen LogP contribution < -0.4 is 10.6 Å². The second-order valence-corrected chi connectivity index (χ2v) is 10.1. The van der Waals surface area contributed by atoms with Crippen LogP contribution in [0, 0.1) is 18.3 Å². The Bertz CT molecular complexity index is 1070. The zero-order chi connectivity index (χ0) is 25.5. The normalized spacial score (nSPS) is 13.3. The van der Waals surface area contributed by atoms with E-state index >= 15 is 0 Å². The summed E-state index contributed by atoms with van der Waals surface area (Å²) in [4.78, 5) is 0. The number of rotatable bonds is 10. The van der Waals surface area contributed by atoms with Gasteiger partial charge in [-0.2, -0.15) is 0 Å². The quantitative estimate of drug-likeness (QED) is 0.350. The highest BCUT2D eigenvalue weighted by molar-refractivity contribution is 5.72. The van der Waals surface area contributed by atoms with Crippen molar-refractivity contribution in [2.24, 2.45) is 11.3 Å². The lowest BCUT2D eigenvalue weighted by Gasteiger charge is -2.23. The topological polar surface area (TPSA) is 24.1 Å². The molecule has 2 rings (SSSR count). The van der Waals surface area contributed by atoms with Gasteiger partial charge in [-0.3, -0.25) is 0 Å². The molecule has 1 atom stereocenters. The molecule has 1 unspecified atom stereocenters. The van der Waals surface area contributed by atoms with Crippen molar-refractivity contribution in [2.45, 2.75) is 54.9 Å². The number of nitrogens with one attached hydrogen (secondary N) is 2. The summed E-state index contributed by atoms with van der Waals surface area (Å²) in [6.07, 6.45) is 5.40. The molecule has 0 aliphatic heterocycles. The summed E-state index contributed by atoms with van der Waals surface area (Å²) in [5, 5.41) is 6.58. The van der Waals surface area contributed by atoms with Crippen LogP contribution in [0.4, 0.5) is 5.69 Å². The SMILES string of the molecule is C=C(/C=C(\CC)C(C)(C)C)NC(=C)Nc1ccc(C(=C)C(C)/C=C(\C)c2ccc(C)cc2)cc1. The molecule has 0 radical (unpaired) electrons. The summed E-state index contributed by atoms with van der Waals surface area (Å²) in [6, 6.07) is 17.0. The molecule has 0 aliphatic rings. The molecule has 0 saturated heterocycles. The molecule has 34 heavy (non-hydrogen) atoms. The maximum atomic E-state index is 4.36. The first kappa shape index (κ1) is 27.0. The molecule has 0 aliphatic carbocycles. The first-order valence-electron chi connectivity index (χ1n) is 12.1. The Hall–Kier alpha value is -3.26. The molecule has 0 aromatic heterocycles. The van der Waals surface area contributed by atoms with Crippen LogP contribution in [0.2, 0.25) is 0 Å². The van der Waals surface area contributed by atoms with E-state index in [9.17, 15) is 0 Å². The Balaban J connectivity index is 2.00. The lowest BCUT2D eigenvalue weighted by atomic mass is 9.84. The van der Waals surface area contributed by atoms with Crippen LogP contribution in [0.15, 0.2) is 97.5 Å². The maximum Gasteiger partial charge on any atom is 0.100 e. The molecule has 0 amide bonds. The average molecular weight is 455 g/mol. The predicted molar refractivity (Wildman–Crippen MR) is 152 cm³/mol. The van der Waals surface area contributed by atoms with Crippen molar-refractivity contribution in [2.75, 3.05) is 5.32 Å². The van der Waals surface area contributed by atoms with Gasteiger partial charge in [0.2, 0.25) is 0 Å². The van der Waals surface area contributed by atoms with E-state index in [4.69, 9.17) is 0 Å². The fraction of sp³-hybridized carbons (Fsp3) is 0.312. The van der Waals surface area contributed by atoms with E-state index in [0.717, 1.165) is 28.9 Å². The fourth-order valence-corrected chi connectivity index (χ4v) is 3.91. The van der Waals surface area contributed by atoms with Gasteiger partial charge in [-0.15, -0.1) is 0 Å². The number of benzene rings is 2. The number of anilines is 1. The molecule has 2 N–H and O–H groups in total. The monoisotopic (exact) mass is 454 g/mol. The van der Waals surface area contributed by atoms with Gasteiger partial charge >= 0.3 is 0 Å². The number of allylic oxidation sites excluding steroid dienone is 5. The minimum absolute atomic E-state index is 0.122. The molecule has 0 spiro atoms. The molecule has 2 aromatic rings. The van der Waals surface area contributed by atoms with Crippen molar-refractivity contribution >= 4 is 16.8 Å². The Labute approximate surface area is 207 Å². The summed E-state index contributed by atoms with van der Waals surface area (Å²) in [5.41, 5.74) is 9.30. The molecule has 0 heterocycles. The summed E-state index contributed by atoms with van der Waals surface area (Å²) >= 11 is 0. The predicted octanol–water partition coefficient (Wildman–Crippen LogP) is 9.12. The van der Waals surface area contributed by atoms with Crippen molar-refractivity contribution in [1.29, 1.82) is 0 Å². The fourth-order valence-electron chi connectivity index (χ4n) is 3.91. The van der Waals surface area contributed by atoms with Gasteiger partial charge in [0.05, 0.1) is 0 Å². The van der Waals surface area contributed by atoms with Crippen molar-refractivity contribution in [3.8, 4) is 0 Å². The van der Waals surface area contributed by atoms with Crippen LogP contribution in [0.1, 0.15) is 64.7 Å². The van der Waals surface area contributed by atoms with Crippen molar-refractivity contribution in [1.82, 2.24) is 5.32 Å². The smallest absolute Gasteiger partial charge is 0.100 e. The summed E-state index contributed by atoms with van der Waals surface area (Å²) < 4.78 is 0. The van der Waals surface area contributed by atoms with Gasteiger partial charge < -0.3 is 10.6 Å². The Morgan fingerprint density at radius 2 is 1.50 bits per heavy atom. The third kappa shape index (κ3) is 7.95. The second-order valence-electron chi connectivity index (χ2n) is 10.1. The molecule has 2 heteroatoms. The molecular weight excluding hydrogens is 412 g/mol.